The van der Waals surface area contributed by atoms with Gasteiger partial charge in [0.05, 0.1) is 6.54 Å². The van der Waals surface area contributed by atoms with Crippen LogP contribution in [0.3, 0.4) is 0 Å². The topological polar surface area (TPSA) is 45.5 Å². The van der Waals surface area contributed by atoms with Crippen molar-refractivity contribution in [2.24, 2.45) is 0 Å². The molecule has 1 heterocycles. The summed E-state index contributed by atoms with van der Waals surface area (Å²) in [4.78, 5) is 14.9. The van der Waals surface area contributed by atoms with E-state index >= 15 is 0 Å². The quantitative estimate of drug-likeness (QED) is 0.291. The van der Waals surface area contributed by atoms with Crippen LogP contribution in [-0.4, -0.2) is 17.0 Å². The standard InChI is InChI=1S/C28H24ClF3N2O2/c1-16-6-11-24-21(12-16)26(17-7-9-18(29)10-8-17)25(36-24)15-34(20-4-2-3-5-20)28(35)33-27-22(31)13-19(30)14-23(27)32/h6-14,20H,2-5,15H2,1H3,(H,33,35). The zero-order valence-electron chi connectivity index (χ0n) is 19.6. The molecular weight excluding hydrogens is 489 g/mol. The number of furan rings is 1. The summed E-state index contributed by atoms with van der Waals surface area (Å²) in [5.74, 6) is -2.84. The molecule has 0 bridgehead atoms. The number of fused-ring (bicyclic) bond motifs is 1. The Bertz CT molecular complexity index is 1410. The first-order valence-electron chi connectivity index (χ1n) is 11.8. The van der Waals surface area contributed by atoms with E-state index in [1.807, 2.05) is 37.3 Å². The van der Waals surface area contributed by atoms with Crippen molar-refractivity contribution >= 4 is 34.3 Å². The first-order valence-corrected chi connectivity index (χ1v) is 12.2. The molecule has 0 radical (unpaired) electrons. The van der Waals surface area contributed by atoms with Crippen LogP contribution in [0.1, 0.15) is 37.0 Å². The molecule has 4 aromatic rings. The average molecular weight is 513 g/mol. The van der Waals surface area contributed by atoms with Gasteiger partial charge in [-0.3, -0.25) is 0 Å². The number of carbonyl (C=O) groups excluding carboxylic acids is 1. The monoisotopic (exact) mass is 512 g/mol. The Hall–Kier alpha value is -3.45. The van der Waals surface area contributed by atoms with Crippen LogP contribution in [-0.2, 0) is 6.54 Å². The molecule has 8 heteroatoms. The molecule has 1 aliphatic rings. The number of amides is 2. The molecule has 1 N–H and O–H groups in total. The van der Waals surface area contributed by atoms with Crippen LogP contribution in [0.15, 0.2) is 59.0 Å². The molecule has 4 nitrogen and oxygen atoms in total. The summed E-state index contributed by atoms with van der Waals surface area (Å²) < 4.78 is 48.2. The fourth-order valence-corrected chi connectivity index (χ4v) is 5.01. The SMILES string of the molecule is Cc1ccc2oc(CN(C(=O)Nc3c(F)cc(F)cc3F)C3CCCC3)c(-c3ccc(Cl)cc3)c2c1. The van der Waals surface area contributed by atoms with Gasteiger partial charge in [0.15, 0.2) is 11.6 Å². The number of anilines is 1. The van der Waals surface area contributed by atoms with Gasteiger partial charge in [0.2, 0.25) is 0 Å². The van der Waals surface area contributed by atoms with Crippen molar-refractivity contribution in [2.75, 3.05) is 5.32 Å². The van der Waals surface area contributed by atoms with Crippen molar-refractivity contribution in [1.29, 1.82) is 0 Å². The van der Waals surface area contributed by atoms with Gasteiger partial charge in [0.1, 0.15) is 22.8 Å². The maximum absolute atomic E-state index is 14.3. The van der Waals surface area contributed by atoms with E-state index in [0.717, 1.165) is 47.8 Å². The second kappa shape index (κ2) is 9.90. The van der Waals surface area contributed by atoms with E-state index in [-0.39, 0.29) is 12.6 Å². The van der Waals surface area contributed by atoms with E-state index in [1.165, 1.54) is 0 Å². The molecule has 0 unspecified atom stereocenters. The van der Waals surface area contributed by atoms with Gasteiger partial charge >= 0.3 is 6.03 Å². The molecule has 0 spiro atoms. The van der Waals surface area contributed by atoms with Gasteiger partial charge in [0.25, 0.3) is 0 Å². The summed E-state index contributed by atoms with van der Waals surface area (Å²) >= 11 is 6.11. The zero-order valence-corrected chi connectivity index (χ0v) is 20.3. The van der Waals surface area contributed by atoms with E-state index in [9.17, 15) is 18.0 Å². The first-order chi connectivity index (χ1) is 17.3. The van der Waals surface area contributed by atoms with Gasteiger partial charge < -0.3 is 14.6 Å². The maximum atomic E-state index is 14.3. The van der Waals surface area contributed by atoms with E-state index in [2.05, 4.69) is 5.32 Å². The Morgan fingerprint density at radius 1 is 1.03 bits per heavy atom. The number of halogens is 4. The molecular formula is C28H24ClF3N2O2. The molecule has 5 rings (SSSR count). The molecule has 186 valence electrons. The molecule has 3 aromatic carbocycles. The minimum absolute atomic E-state index is 0.0899. The number of nitrogens with one attached hydrogen (secondary N) is 1. The lowest BCUT2D eigenvalue weighted by atomic mass is 10.0. The van der Waals surface area contributed by atoms with E-state index in [1.54, 1.807) is 17.0 Å². The van der Waals surface area contributed by atoms with Crippen LogP contribution in [0.2, 0.25) is 5.02 Å². The number of benzene rings is 3. The number of hydrogen-bond acceptors (Lipinski definition) is 2. The molecule has 0 atom stereocenters. The van der Waals surface area contributed by atoms with Gasteiger partial charge in [0, 0.05) is 34.1 Å². The lowest BCUT2D eigenvalue weighted by Gasteiger charge is -2.29. The van der Waals surface area contributed by atoms with E-state index in [0.29, 0.717) is 28.5 Å². The highest BCUT2D eigenvalue weighted by molar-refractivity contribution is 6.30. The second-order valence-electron chi connectivity index (χ2n) is 9.15. The Morgan fingerprint density at radius 3 is 2.36 bits per heavy atom. The number of rotatable bonds is 5. The first kappa shape index (κ1) is 24.3. The fraction of sp³-hybridized carbons (Fsp3) is 0.250. The molecule has 2 amide bonds. The van der Waals surface area contributed by atoms with Crippen LogP contribution < -0.4 is 5.32 Å². The molecule has 1 fully saturated rings. The third-order valence-electron chi connectivity index (χ3n) is 6.63. The van der Waals surface area contributed by atoms with Gasteiger partial charge in [-0.15, -0.1) is 0 Å². The molecule has 36 heavy (non-hydrogen) atoms. The van der Waals surface area contributed by atoms with Crippen LogP contribution >= 0.6 is 11.6 Å². The Balaban J connectivity index is 1.55. The summed E-state index contributed by atoms with van der Waals surface area (Å²) in [5.41, 5.74) is 2.75. The number of nitrogens with zero attached hydrogens (tertiary/aromatic N) is 1. The van der Waals surface area contributed by atoms with Crippen molar-refractivity contribution in [2.45, 2.75) is 45.2 Å². The summed E-state index contributed by atoms with van der Waals surface area (Å²) in [6.07, 6.45) is 3.41. The molecule has 0 aliphatic heterocycles. The van der Waals surface area contributed by atoms with Crippen molar-refractivity contribution in [3.8, 4) is 11.1 Å². The normalized spacial score (nSPS) is 13.9. The summed E-state index contributed by atoms with van der Waals surface area (Å²) in [5, 5.41) is 3.82. The third-order valence-corrected chi connectivity index (χ3v) is 6.88. The molecule has 1 aliphatic carbocycles. The van der Waals surface area contributed by atoms with Gasteiger partial charge in [-0.2, -0.15) is 0 Å². The highest BCUT2D eigenvalue weighted by atomic mass is 35.5. The third kappa shape index (κ3) is 4.80. The van der Waals surface area contributed by atoms with Crippen molar-refractivity contribution in [1.82, 2.24) is 4.90 Å². The highest BCUT2D eigenvalue weighted by Gasteiger charge is 2.30. The summed E-state index contributed by atoms with van der Waals surface area (Å²) in [6.45, 7) is 2.08. The minimum atomic E-state index is -1.17. The van der Waals surface area contributed by atoms with Crippen LogP contribution in [0, 0.1) is 24.4 Å². The Morgan fingerprint density at radius 2 is 1.69 bits per heavy atom. The van der Waals surface area contributed by atoms with Crippen LogP contribution in [0.25, 0.3) is 22.1 Å². The number of hydrogen-bond donors (Lipinski definition) is 1. The maximum Gasteiger partial charge on any atom is 0.322 e. The highest BCUT2D eigenvalue weighted by Crippen LogP contribution is 2.38. The predicted molar refractivity (Wildman–Crippen MR) is 135 cm³/mol. The number of aryl methyl sites for hydroxylation is 1. The largest absolute Gasteiger partial charge is 0.459 e. The van der Waals surface area contributed by atoms with Gasteiger partial charge in [-0.25, -0.2) is 18.0 Å². The molecule has 1 saturated carbocycles. The van der Waals surface area contributed by atoms with Crippen LogP contribution in [0.4, 0.5) is 23.7 Å². The van der Waals surface area contributed by atoms with Crippen molar-refractivity contribution < 1.29 is 22.4 Å². The lowest BCUT2D eigenvalue weighted by Crippen LogP contribution is -2.41. The smallest absolute Gasteiger partial charge is 0.322 e. The van der Waals surface area contributed by atoms with Crippen molar-refractivity contribution in [3.05, 3.63) is 88.4 Å². The van der Waals surface area contributed by atoms with E-state index in [4.69, 9.17) is 16.0 Å². The van der Waals surface area contributed by atoms with Crippen molar-refractivity contribution in [3.63, 3.8) is 0 Å². The Labute approximate surface area is 211 Å². The summed E-state index contributed by atoms with van der Waals surface area (Å²) in [7, 11) is 0. The van der Waals surface area contributed by atoms with Gasteiger partial charge in [-0.05, 0) is 49.6 Å². The molecule has 1 aromatic heterocycles. The van der Waals surface area contributed by atoms with E-state index < -0.39 is 29.2 Å². The second-order valence-corrected chi connectivity index (χ2v) is 9.58. The number of carbonyl (C=O) groups is 1. The van der Waals surface area contributed by atoms with Gasteiger partial charge in [-0.1, -0.05) is 48.2 Å². The minimum Gasteiger partial charge on any atom is -0.459 e. The number of urea groups is 1. The van der Waals surface area contributed by atoms with Crippen LogP contribution in [0.5, 0.6) is 0 Å². The fourth-order valence-electron chi connectivity index (χ4n) is 4.88. The molecule has 0 saturated heterocycles. The average Bonchev–Trinajstić information content (AvgIpc) is 3.48. The summed E-state index contributed by atoms with van der Waals surface area (Å²) in [6, 6.07) is 13.5. The Kier molecular flexibility index (Phi) is 6.67. The zero-order chi connectivity index (χ0) is 25.4. The predicted octanol–water partition coefficient (Wildman–Crippen LogP) is 8.46. The lowest BCUT2D eigenvalue weighted by molar-refractivity contribution is 0.179.